The van der Waals surface area contributed by atoms with Gasteiger partial charge in [-0.05, 0) is 23.8 Å². The van der Waals surface area contributed by atoms with E-state index in [2.05, 4.69) is 5.32 Å². The number of benzene rings is 1. The molecule has 13 heavy (non-hydrogen) atoms. The predicted octanol–water partition coefficient (Wildman–Crippen LogP) is 2.53. The minimum Gasteiger partial charge on any atom is -0.325 e. The Morgan fingerprint density at radius 2 is 2.23 bits per heavy atom. The third-order valence-electron chi connectivity index (χ3n) is 1.83. The highest BCUT2D eigenvalue weighted by atomic mass is 35.5. The molecule has 0 aromatic heterocycles. The lowest BCUT2D eigenvalue weighted by Gasteiger charge is -2.05. The van der Waals surface area contributed by atoms with Gasteiger partial charge in [-0.3, -0.25) is 4.79 Å². The van der Waals surface area contributed by atoms with Crippen LogP contribution in [0.1, 0.15) is 5.56 Å². The molecule has 0 atom stereocenters. The second-order valence-corrected chi connectivity index (χ2v) is 4.26. The molecule has 1 aliphatic heterocycles. The molecule has 1 aliphatic rings. The molecule has 0 spiro atoms. The van der Waals surface area contributed by atoms with Crippen LogP contribution >= 0.6 is 23.4 Å². The van der Waals surface area contributed by atoms with E-state index in [9.17, 15) is 4.79 Å². The summed E-state index contributed by atoms with van der Waals surface area (Å²) in [6, 6.07) is 5.54. The van der Waals surface area contributed by atoms with Gasteiger partial charge in [0.05, 0.1) is 5.75 Å². The zero-order valence-corrected chi connectivity index (χ0v) is 8.41. The summed E-state index contributed by atoms with van der Waals surface area (Å²) in [5.74, 6) is 1.42. The average Bonchev–Trinajstić information content (AvgIpc) is 2.25. The summed E-state index contributed by atoms with van der Waals surface area (Å²) in [5, 5.41) is 3.55. The predicted molar refractivity (Wildman–Crippen MR) is 56.2 cm³/mol. The van der Waals surface area contributed by atoms with Crippen LogP contribution in [0, 0.1) is 0 Å². The molecule has 0 unspecified atom stereocenters. The van der Waals surface area contributed by atoms with Crippen LogP contribution in [0.4, 0.5) is 5.69 Å². The normalized spacial score (nSPS) is 15.9. The van der Waals surface area contributed by atoms with Crippen LogP contribution in [0.25, 0.3) is 0 Å². The second-order valence-electron chi connectivity index (χ2n) is 2.84. The first-order chi connectivity index (χ1) is 6.25. The first-order valence-electron chi connectivity index (χ1n) is 3.92. The Balaban J connectivity index is 2.40. The molecular weight excluding hydrogens is 206 g/mol. The Hall–Kier alpha value is -0.670. The smallest absolute Gasteiger partial charge is 0.234 e. The fourth-order valence-corrected chi connectivity index (χ4v) is 2.26. The van der Waals surface area contributed by atoms with Crippen LogP contribution in [-0.2, 0) is 10.5 Å². The van der Waals surface area contributed by atoms with Crippen LogP contribution in [0.15, 0.2) is 18.2 Å². The lowest BCUT2D eigenvalue weighted by molar-refractivity contribution is -0.113. The van der Waals surface area contributed by atoms with Gasteiger partial charge in [0.15, 0.2) is 0 Å². The minimum atomic E-state index is 0.0612. The highest BCUT2D eigenvalue weighted by Gasteiger charge is 2.12. The van der Waals surface area contributed by atoms with Gasteiger partial charge in [0.25, 0.3) is 0 Å². The van der Waals surface area contributed by atoms with Gasteiger partial charge >= 0.3 is 0 Å². The molecule has 1 aromatic carbocycles. The Labute approximate surface area is 85.7 Å². The fraction of sp³-hybridized carbons (Fsp3) is 0.222. The van der Waals surface area contributed by atoms with E-state index >= 15 is 0 Å². The quantitative estimate of drug-likeness (QED) is 0.718. The summed E-state index contributed by atoms with van der Waals surface area (Å²) >= 11 is 7.45. The number of carbonyl (C=O) groups is 1. The van der Waals surface area contributed by atoms with Crippen LogP contribution < -0.4 is 5.32 Å². The van der Waals surface area contributed by atoms with Crippen molar-refractivity contribution in [1.82, 2.24) is 0 Å². The number of nitrogens with one attached hydrogen (secondary N) is 1. The van der Waals surface area contributed by atoms with E-state index in [0.717, 1.165) is 22.0 Å². The zero-order chi connectivity index (χ0) is 9.26. The minimum absolute atomic E-state index is 0.0612. The van der Waals surface area contributed by atoms with Crippen molar-refractivity contribution < 1.29 is 4.79 Å². The van der Waals surface area contributed by atoms with E-state index in [0.29, 0.717) is 5.75 Å². The first kappa shape index (κ1) is 8.91. The van der Waals surface area contributed by atoms with E-state index in [1.807, 2.05) is 12.1 Å². The lowest BCUT2D eigenvalue weighted by atomic mass is 10.2. The number of amides is 1. The molecule has 2 nitrogen and oxygen atoms in total. The van der Waals surface area contributed by atoms with E-state index in [4.69, 9.17) is 11.6 Å². The van der Waals surface area contributed by atoms with Crippen molar-refractivity contribution in [3.63, 3.8) is 0 Å². The summed E-state index contributed by atoms with van der Waals surface area (Å²) in [6.45, 7) is 0. The molecule has 4 heteroatoms. The third-order valence-corrected chi connectivity index (χ3v) is 3.05. The van der Waals surface area contributed by atoms with Crippen LogP contribution in [0.5, 0.6) is 0 Å². The van der Waals surface area contributed by atoms with Gasteiger partial charge in [0, 0.05) is 16.5 Å². The summed E-state index contributed by atoms with van der Waals surface area (Å²) in [4.78, 5) is 11.2. The number of rotatable bonds is 0. The second kappa shape index (κ2) is 3.60. The van der Waals surface area contributed by atoms with Gasteiger partial charge in [-0.25, -0.2) is 0 Å². The van der Waals surface area contributed by atoms with Crippen LogP contribution in [-0.4, -0.2) is 11.7 Å². The van der Waals surface area contributed by atoms with Crippen molar-refractivity contribution in [2.24, 2.45) is 0 Å². The highest BCUT2D eigenvalue weighted by molar-refractivity contribution is 7.99. The molecule has 2 rings (SSSR count). The van der Waals surface area contributed by atoms with Crippen molar-refractivity contribution in [3.05, 3.63) is 28.8 Å². The standard InChI is InChI=1S/C9H8ClNOS/c10-7-1-2-8-6(3-7)4-13-5-9(12)11-8/h1-3H,4-5H2,(H,11,12). The molecule has 0 aliphatic carbocycles. The topological polar surface area (TPSA) is 29.1 Å². The SMILES string of the molecule is O=C1CSCc2cc(Cl)ccc2N1. The number of hydrogen-bond acceptors (Lipinski definition) is 2. The van der Waals surface area contributed by atoms with Crippen molar-refractivity contribution in [1.29, 1.82) is 0 Å². The van der Waals surface area contributed by atoms with Crippen LogP contribution in [0.2, 0.25) is 5.02 Å². The summed E-state index contributed by atoms with van der Waals surface area (Å²) in [7, 11) is 0. The molecule has 1 amide bonds. The van der Waals surface area contributed by atoms with E-state index in [-0.39, 0.29) is 5.91 Å². The number of fused-ring (bicyclic) bond motifs is 1. The molecule has 1 aromatic rings. The monoisotopic (exact) mass is 213 g/mol. The van der Waals surface area contributed by atoms with Crippen molar-refractivity contribution in [2.75, 3.05) is 11.1 Å². The third kappa shape index (κ3) is 1.98. The van der Waals surface area contributed by atoms with Gasteiger partial charge in [-0.1, -0.05) is 11.6 Å². The summed E-state index contributed by atoms with van der Waals surface area (Å²) < 4.78 is 0. The van der Waals surface area contributed by atoms with Gasteiger partial charge in [0.2, 0.25) is 5.91 Å². The highest BCUT2D eigenvalue weighted by Crippen LogP contribution is 2.27. The maximum Gasteiger partial charge on any atom is 0.234 e. The summed E-state index contributed by atoms with van der Waals surface area (Å²) in [5.41, 5.74) is 1.99. The number of hydrogen-bond donors (Lipinski definition) is 1. The molecule has 1 heterocycles. The maximum absolute atomic E-state index is 11.2. The summed E-state index contributed by atoms with van der Waals surface area (Å²) in [6.07, 6.45) is 0. The fourth-order valence-electron chi connectivity index (χ4n) is 1.24. The van der Waals surface area contributed by atoms with E-state index < -0.39 is 0 Å². The first-order valence-corrected chi connectivity index (χ1v) is 5.45. The van der Waals surface area contributed by atoms with Crippen LogP contribution in [0.3, 0.4) is 0 Å². The lowest BCUT2D eigenvalue weighted by Crippen LogP contribution is -2.12. The molecular formula is C9H8ClNOS. The Morgan fingerprint density at radius 3 is 3.08 bits per heavy atom. The molecule has 0 saturated carbocycles. The molecule has 0 saturated heterocycles. The van der Waals surface area contributed by atoms with Gasteiger partial charge in [0.1, 0.15) is 0 Å². The van der Waals surface area contributed by atoms with Crippen molar-refractivity contribution in [2.45, 2.75) is 5.75 Å². The molecule has 0 bridgehead atoms. The Kier molecular flexibility index (Phi) is 2.47. The van der Waals surface area contributed by atoms with Gasteiger partial charge in [-0.15, -0.1) is 11.8 Å². The average molecular weight is 214 g/mol. The Bertz CT molecular complexity index is 353. The van der Waals surface area contributed by atoms with E-state index in [1.54, 1.807) is 17.8 Å². The maximum atomic E-state index is 11.2. The van der Waals surface area contributed by atoms with Gasteiger partial charge in [-0.2, -0.15) is 0 Å². The molecule has 68 valence electrons. The number of carbonyl (C=O) groups excluding carboxylic acids is 1. The number of thioether (sulfide) groups is 1. The number of halogens is 1. The molecule has 1 N–H and O–H groups in total. The molecule has 0 fully saturated rings. The number of anilines is 1. The Morgan fingerprint density at radius 1 is 1.38 bits per heavy atom. The van der Waals surface area contributed by atoms with Gasteiger partial charge < -0.3 is 5.32 Å². The van der Waals surface area contributed by atoms with Crippen molar-refractivity contribution >= 4 is 35.0 Å². The van der Waals surface area contributed by atoms with Crippen molar-refractivity contribution in [3.8, 4) is 0 Å². The zero-order valence-electron chi connectivity index (χ0n) is 6.84. The molecule has 0 radical (unpaired) electrons. The van der Waals surface area contributed by atoms with E-state index in [1.165, 1.54) is 0 Å². The largest absolute Gasteiger partial charge is 0.325 e.